The van der Waals surface area contributed by atoms with E-state index >= 15 is 0 Å². The Balaban J connectivity index is 3.01. The van der Waals surface area contributed by atoms with Crippen LogP contribution in [0.15, 0.2) is 18.2 Å². The highest BCUT2D eigenvalue weighted by Crippen LogP contribution is 2.27. The van der Waals surface area contributed by atoms with Crippen molar-refractivity contribution in [2.75, 3.05) is 0 Å². The SMILES string of the molecule is CCC(Oc1ccc(F)cc1[C@H](C)O)C(=O)O. The van der Waals surface area contributed by atoms with E-state index in [4.69, 9.17) is 9.84 Å². The minimum Gasteiger partial charge on any atom is -0.479 e. The number of halogens is 1. The lowest BCUT2D eigenvalue weighted by atomic mass is 10.1. The van der Waals surface area contributed by atoms with E-state index in [-0.39, 0.29) is 17.7 Å². The Hall–Kier alpha value is -1.62. The minimum absolute atomic E-state index is 0.190. The molecule has 0 heterocycles. The Morgan fingerprint density at radius 2 is 2.18 bits per heavy atom. The lowest BCUT2D eigenvalue weighted by molar-refractivity contribution is -0.145. The molecular weight excluding hydrogens is 227 g/mol. The van der Waals surface area contributed by atoms with Gasteiger partial charge in [0.05, 0.1) is 6.10 Å². The van der Waals surface area contributed by atoms with E-state index in [0.717, 1.165) is 12.1 Å². The van der Waals surface area contributed by atoms with Gasteiger partial charge in [-0.2, -0.15) is 0 Å². The zero-order chi connectivity index (χ0) is 13.0. The van der Waals surface area contributed by atoms with Gasteiger partial charge < -0.3 is 14.9 Å². The molecule has 0 aliphatic carbocycles. The molecule has 0 bridgehead atoms. The fraction of sp³-hybridized carbons (Fsp3) is 0.417. The van der Waals surface area contributed by atoms with Gasteiger partial charge in [-0.1, -0.05) is 6.92 Å². The second-order valence-corrected chi connectivity index (χ2v) is 3.71. The molecule has 0 spiro atoms. The van der Waals surface area contributed by atoms with Crippen molar-refractivity contribution >= 4 is 5.97 Å². The van der Waals surface area contributed by atoms with Crippen LogP contribution in [0.3, 0.4) is 0 Å². The third-order valence-corrected chi connectivity index (χ3v) is 2.34. The maximum atomic E-state index is 13.0. The van der Waals surface area contributed by atoms with Crippen molar-refractivity contribution in [3.05, 3.63) is 29.6 Å². The predicted molar refractivity (Wildman–Crippen MR) is 59.4 cm³/mol. The first kappa shape index (κ1) is 13.4. The lowest BCUT2D eigenvalue weighted by Gasteiger charge is -2.17. The molecule has 4 nitrogen and oxygen atoms in total. The van der Waals surface area contributed by atoms with E-state index in [9.17, 15) is 14.3 Å². The van der Waals surface area contributed by atoms with Gasteiger partial charge in [-0.05, 0) is 31.5 Å². The van der Waals surface area contributed by atoms with Gasteiger partial charge in [-0.15, -0.1) is 0 Å². The van der Waals surface area contributed by atoms with Crippen LogP contribution >= 0.6 is 0 Å². The van der Waals surface area contributed by atoms with Crippen LogP contribution in [0.25, 0.3) is 0 Å². The second kappa shape index (κ2) is 5.63. The minimum atomic E-state index is -1.09. The summed E-state index contributed by atoms with van der Waals surface area (Å²) in [6.45, 7) is 3.13. The average molecular weight is 242 g/mol. The molecule has 2 N–H and O–H groups in total. The van der Waals surface area contributed by atoms with Crippen LogP contribution in [0, 0.1) is 5.82 Å². The number of carboxylic acid groups (broad SMARTS) is 1. The molecule has 5 heteroatoms. The molecule has 0 aliphatic rings. The molecule has 1 unspecified atom stereocenters. The van der Waals surface area contributed by atoms with Gasteiger partial charge in [0.25, 0.3) is 0 Å². The summed E-state index contributed by atoms with van der Waals surface area (Å²) in [6.07, 6.45) is -1.64. The van der Waals surface area contributed by atoms with E-state index in [2.05, 4.69) is 0 Å². The topological polar surface area (TPSA) is 66.8 Å². The van der Waals surface area contributed by atoms with E-state index in [1.54, 1.807) is 6.92 Å². The maximum absolute atomic E-state index is 13.0. The highest BCUT2D eigenvalue weighted by Gasteiger charge is 2.20. The highest BCUT2D eigenvalue weighted by atomic mass is 19.1. The van der Waals surface area contributed by atoms with Crippen molar-refractivity contribution in [1.29, 1.82) is 0 Å². The Bertz CT molecular complexity index is 403. The number of aliphatic hydroxyl groups is 1. The van der Waals surface area contributed by atoms with Crippen LogP contribution in [-0.4, -0.2) is 22.3 Å². The summed E-state index contributed by atoms with van der Waals surface area (Å²) in [4.78, 5) is 10.8. The molecule has 0 fully saturated rings. The fourth-order valence-corrected chi connectivity index (χ4v) is 1.41. The number of hydrogen-bond donors (Lipinski definition) is 2. The van der Waals surface area contributed by atoms with Crippen LogP contribution in [-0.2, 0) is 4.79 Å². The Morgan fingerprint density at radius 1 is 1.53 bits per heavy atom. The summed E-state index contributed by atoms with van der Waals surface area (Å²) >= 11 is 0. The van der Waals surface area contributed by atoms with Gasteiger partial charge in [-0.3, -0.25) is 0 Å². The molecular formula is C12H15FO4. The summed E-state index contributed by atoms with van der Waals surface area (Å²) in [5, 5.41) is 18.3. The first-order chi connectivity index (χ1) is 7.95. The summed E-state index contributed by atoms with van der Waals surface area (Å²) < 4.78 is 18.2. The van der Waals surface area contributed by atoms with Crippen molar-refractivity contribution in [1.82, 2.24) is 0 Å². The van der Waals surface area contributed by atoms with Crippen LogP contribution < -0.4 is 4.74 Å². The van der Waals surface area contributed by atoms with Crippen LogP contribution in [0.4, 0.5) is 4.39 Å². The Labute approximate surface area is 98.7 Å². The number of aliphatic carboxylic acids is 1. The van der Waals surface area contributed by atoms with E-state index in [0.29, 0.717) is 0 Å². The smallest absolute Gasteiger partial charge is 0.344 e. The van der Waals surface area contributed by atoms with Gasteiger partial charge in [0.1, 0.15) is 11.6 Å². The Kier molecular flexibility index (Phi) is 4.45. The van der Waals surface area contributed by atoms with E-state index in [1.807, 2.05) is 0 Å². The third kappa shape index (κ3) is 3.42. The molecule has 0 radical (unpaired) electrons. The molecule has 0 saturated heterocycles. The quantitative estimate of drug-likeness (QED) is 0.830. The molecule has 94 valence electrons. The molecule has 0 aromatic heterocycles. The van der Waals surface area contributed by atoms with Crippen molar-refractivity contribution in [2.24, 2.45) is 0 Å². The monoisotopic (exact) mass is 242 g/mol. The number of carboxylic acids is 1. The van der Waals surface area contributed by atoms with Gasteiger partial charge in [0, 0.05) is 5.56 Å². The van der Waals surface area contributed by atoms with Crippen LogP contribution in [0.5, 0.6) is 5.75 Å². The number of ether oxygens (including phenoxy) is 1. The largest absolute Gasteiger partial charge is 0.479 e. The molecule has 1 aromatic carbocycles. The molecule has 2 atom stereocenters. The summed E-state index contributed by atoms with van der Waals surface area (Å²) in [6, 6.07) is 3.62. The van der Waals surface area contributed by atoms with Crippen molar-refractivity contribution < 1.29 is 24.1 Å². The van der Waals surface area contributed by atoms with E-state index < -0.39 is 24.0 Å². The first-order valence-corrected chi connectivity index (χ1v) is 5.32. The van der Waals surface area contributed by atoms with Crippen molar-refractivity contribution in [3.63, 3.8) is 0 Å². The van der Waals surface area contributed by atoms with Crippen LogP contribution in [0.1, 0.15) is 31.9 Å². The third-order valence-electron chi connectivity index (χ3n) is 2.34. The fourth-order valence-electron chi connectivity index (χ4n) is 1.41. The number of benzene rings is 1. The summed E-state index contributed by atoms with van der Waals surface area (Å²) in [7, 11) is 0. The normalized spacial score (nSPS) is 14.1. The standard InChI is InChI=1S/C12H15FO4/c1-3-10(12(15)16)17-11-5-4-8(13)6-9(11)7(2)14/h4-7,10,14H,3H2,1-2H3,(H,15,16)/t7-,10?/m0/s1. The molecule has 1 rings (SSSR count). The molecule has 1 aromatic rings. The van der Waals surface area contributed by atoms with Gasteiger partial charge in [0.15, 0.2) is 6.10 Å². The lowest BCUT2D eigenvalue weighted by Crippen LogP contribution is -2.26. The number of carbonyl (C=O) groups is 1. The van der Waals surface area contributed by atoms with Crippen molar-refractivity contribution in [3.8, 4) is 5.75 Å². The highest BCUT2D eigenvalue weighted by molar-refractivity contribution is 5.72. The average Bonchev–Trinajstić information content (AvgIpc) is 2.26. The number of aliphatic hydroxyl groups excluding tert-OH is 1. The molecule has 0 aliphatic heterocycles. The molecule has 0 saturated carbocycles. The number of hydrogen-bond acceptors (Lipinski definition) is 3. The van der Waals surface area contributed by atoms with Crippen LogP contribution in [0.2, 0.25) is 0 Å². The molecule has 17 heavy (non-hydrogen) atoms. The maximum Gasteiger partial charge on any atom is 0.344 e. The van der Waals surface area contributed by atoms with Gasteiger partial charge in [0.2, 0.25) is 0 Å². The second-order valence-electron chi connectivity index (χ2n) is 3.71. The number of rotatable bonds is 5. The molecule has 0 amide bonds. The zero-order valence-corrected chi connectivity index (χ0v) is 9.68. The first-order valence-electron chi connectivity index (χ1n) is 5.32. The van der Waals surface area contributed by atoms with E-state index in [1.165, 1.54) is 13.0 Å². The summed E-state index contributed by atoms with van der Waals surface area (Å²) in [5.41, 5.74) is 0.240. The van der Waals surface area contributed by atoms with Gasteiger partial charge >= 0.3 is 5.97 Å². The Morgan fingerprint density at radius 3 is 2.65 bits per heavy atom. The van der Waals surface area contributed by atoms with Crippen molar-refractivity contribution in [2.45, 2.75) is 32.5 Å². The zero-order valence-electron chi connectivity index (χ0n) is 9.68. The predicted octanol–water partition coefficient (Wildman–Crippen LogP) is 2.12. The van der Waals surface area contributed by atoms with Gasteiger partial charge in [-0.25, -0.2) is 9.18 Å². The summed E-state index contributed by atoms with van der Waals surface area (Å²) in [5.74, 6) is -1.40.